The van der Waals surface area contributed by atoms with Gasteiger partial charge in [-0.25, -0.2) is 0 Å². The van der Waals surface area contributed by atoms with Crippen LogP contribution in [0.1, 0.15) is 38.5 Å². The average molecular weight is 185 g/mol. The van der Waals surface area contributed by atoms with E-state index in [9.17, 15) is 10.3 Å². The molecule has 2 aliphatic rings. The number of quaternary nitrogens is 1. The van der Waals surface area contributed by atoms with Crippen molar-refractivity contribution in [3.63, 3.8) is 0 Å². The van der Waals surface area contributed by atoms with E-state index in [0.29, 0.717) is 6.04 Å². The Morgan fingerprint density at radius 3 is 2.69 bits per heavy atom. The molecule has 0 saturated carbocycles. The first-order valence-electron chi connectivity index (χ1n) is 5.46. The molecule has 2 rings (SSSR count). The van der Waals surface area contributed by atoms with Crippen LogP contribution in [0.4, 0.5) is 0 Å². The molecule has 76 valence electrons. The third-order valence-corrected chi connectivity index (χ3v) is 3.82. The number of aliphatic hydroxyl groups excluding tert-OH is 1. The fraction of sp³-hybridized carbons (Fsp3) is 1.00. The van der Waals surface area contributed by atoms with Crippen molar-refractivity contribution in [3.8, 4) is 0 Å². The number of fused-ring (bicyclic) bond motifs is 1. The molecular formula is C10H19NO2. The van der Waals surface area contributed by atoms with E-state index in [1.54, 1.807) is 0 Å². The number of aliphatic hydroxyl groups is 1. The van der Waals surface area contributed by atoms with Gasteiger partial charge in [0.05, 0.1) is 19.2 Å². The van der Waals surface area contributed by atoms with Crippen LogP contribution in [0.25, 0.3) is 0 Å². The Labute approximate surface area is 79.5 Å². The second kappa shape index (κ2) is 3.56. The molecule has 1 N–H and O–H groups in total. The number of piperidine rings is 2. The molecule has 1 unspecified atom stereocenters. The topological polar surface area (TPSA) is 43.3 Å². The summed E-state index contributed by atoms with van der Waals surface area (Å²) in [6.07, 6.45) is 6.50. The molecule has 2 aliphatic heterocycles. The summed E-state index contributed by atoms with van der Waals surface area (Å²) in [4.78, 5) is 0. The molecule has 13 heavy (non-hydrogen) atoms. The molecule has 3 atom stereocenters. The van der Waals surface area contributed by atoms with Gasteiger partial charge in [-0.3, -0.25) is 0 Å². The lowest BCUT2D eigenvalue weighted by Crippen LogP contribution is -2.62. The van der Waals surface area contributed by atoms with Crippen molar-refractivity contribution in [2.45, 2.75) is 50.6 Å². The van der Waals surface area contributed by atoms with Gasteiger partial charge in [-0.15, -0.1) is 0 Å². The molecular weight excluding hydrogens is 166 g/mol. The molecule has 0 aromatic carbocycles. The maximum Gasteiger partial charge on any atom is 0.112 e. The summed E-state index contributed by atoms with van der Waals surface area (Å²) >= 11 is 0. The van der Waals surface area contributed by atoms with Gasteiger partial charge >= 0.3 is 0 Å². The predicted octanol–water partition coefficient (Wildman–Crippen LogP) is 1.40. The first-order chi connectivity index (χ1) is 6.27. The van der Waals surface area contributed by atoms with Crippen molar-refractivity contribution < 1.29 is 9.75 Å². The first kappa shape index (κ1) is 9.44. The summed E-state index contributed by atoms with van der Waals surface area (Å²) in [5.74, 6) is 0. The van der Waals surface area contributed by atoms with Crippen molar-refractivity contribution in [2.75, 3.05) is 13.2 Å². The molecule has 3 heteroatoms. The zero-order valence-corrected chi connectivity index (χ0v) is 8.11. The highest BCUT2D eigenvalue weighted by Gasteiger charge is 2.40. The molecule has 0 amide bonds. The van der Waals surface area contributed by atoms with Crippen LogP contribution in [0, 0.1) is 5.21 Å². The maximum atomic E-state index is 12.4. The quantitative estimate of drug-likeness (QED) is 0.495. The third kappa shape index (κ3) is 1.49. The Balaban J connectivity index is 2.14. The van der Waals surface area contributed by atoms with Crippen molar-refractivity contribution in [1.82, 2.24) is 0 Å². The van der Waals surface area contributed by atoms with Gasteiger partial charge in [-0.1, -0.05) is 0 Å². The van der Waals surface area contributed by atoms with Gasteiger partial charge in [-0.05, 0) is 32.1 Å². The minimum atomic E-state index is -0.0729. The summed E-state index contributed by atoms with van der Waals surface area (Å²) in [6, 6.07) is 0.290. The Morgan fingerprint density at radius 2 is 1.92 bits per heavy atom. The zero-order valence-electron chi connectivity index (χ0n) is 8.11. The van der Waals surface area contributed by atoms with Crippen LogP contribution in [-0.4, -0.2) is 35.0 Å². The first-order valence-corrected chi connectivity index (χ1v) is 5.46. The van der Waals surface area contributed by atoms with Crippen molar-refractivity contribution in [1.29, 1.82) is 0 Å². The van der Waals surface area contributed by atoms with E-state index >= 15 is 0 Å². The van der Waals surface area contributed by atoms with Crippen molar-refractivity contribution in [2.24, 2.45) is 0 Å². The van der Waals surface area contributed by atoms with Gasteiger partial charge in [0.25, 0.3) is 0 Å². The Hall–Kier alpha value is -0.120. The van der Waals surface area contributed by atoms with Crippen LogP contribution in [-0.2, 0) is 0 Å². The molecule has 0 spiro atoms. The molecule has 0 aromatic rings. The minimum Gasteiger partial charge on any atom is -0.632 e. The molecule has 0 aliphatic carbocycles. The number of nitrogens with zero attached hydrogens (tertiary/aromatic N) is 1. The number of rotatable bonds is 1. The van der Waals surface area contributed by atoms with Gasteiger partial charge in [0.15, 0.2) is 0 Å². The second-order valence-corrected chi connectivity index (χ2v) is 4.49. The Morgan fingerprint density at radius 1 is 1.15 bits per heavy atom. The second-order valence-electron chi connectivity index (χ2n) is 4.49. The van der Waals surface area contributed by atoms with E-state index in [0.717, 1.165) is 38.6 Å². The molecule has 0 bridgehead atoms. The molecule has 0 aromatic heterocycles. The monoisotopic (exact) mass is 185 g/mol. The van der Waals surface area contributed by atoms with Gasteiger partial charge in [0.2, 0.25) is 0 Å². The maximum absolute atomic E-state index is 12.4. The fourth-order valence-electron chi connectivity index (χ4n) is 3.02. The zero-order chi connectivity index (χ0) is 9.31. The van der Waals surface area contributed by atoms with Crippen LogP contribution in [0.15, 0.2) is 0 Å². The Kier molecular flexibility index (Phi) is 2.58. The summed E-state index contributed by atoms with van der Waals surface area (Å²) in [5.41, 5.74) is 0. The van der Waals surface area contributed by atoms with Crippen LogP contribution in [0.2, 0.25) is 0 Å². The van der Waals surface area contributed by atoms with Crippen LogP contribution < -0.4 is 0 Å². The number of hydroxylamine groups is 3. The lowest BCUT2D eigenvalue weighted by atomic mass is 9.88. The van der Waals surface area contributed by atoms with Crippen LogP contribution in [0.3, 0.4) is 0 Å². The van der Waals surface area contributed by atoms with Crippen molar-refractivity contribution >= 4 is 0 Å². The summed E-state index contributed by atoms with van der Waals surface area (Å²) in [6.45, 7) is 0.829. The standard InChI is InChI=1S/C10H19NO2/c12-8-10-6-3-5-9-4-1-2-7-11(9,10)13/h9-10,12H,1-8H2/t9-,10-,11?/m0/s1. The van der Waals surface area contributed by atoms with Crippen molar-refractivity contribution in [3.05, 3.63) is 5.21 Å². The van der Waals surface area contributed by atoms with E-state index in [1.807, 2.05) is 0 Å². The van der Waals surface area contributed by atoms with E-state index in [-0.39, 0.29) is 17.3 Å². The van der Waals surface area contributed by atoms with Gasteiger partial charge in [-0.2, -0.15) is 0 Å². The average Bonchev–Trinajstić information content (AvgIpc) is 2.16. The highest BCUT2D eigenvalue weighted by molar-refractivity contribution is 4.77. The van der Waals surface area contributed by atoms with E-state index in [1.165, 1.54) is 6.42 Å². The molecule has 2 heterocycles. The Bertz CT molecular complexity index is 175. The number of hydrogen-bond donors (Lipinski definition) is 1. The van der Waals surface area contributed by atoms with Gasteiger partial charge in [0, 0.05) is 6.42 Å². The van der Waals surface area contributed by atoms with Gasteiger partial charge in [0.1, 0.15) is 6.04 Å². The smallest absolute Gasteiger partial charge is 0.112 e. The molecule has 2 saturated heterocycles. The molecule has 0 radical (unpaired) electrons. The highest BCUT2D eigenvalue weighted by atomic mass is 16.6. The minimum absolute atomic E-state index is 0.0148. The molecule has 2 fully saturated rings. The van der Waals surface area contributed by atoms with Crippen LogP contribution in [0.5, 0.6) is 0 Å². The lowest BCUT2D eigenvalue weighted by Gasteiger charge is -2.58. The summed E-state index contributed by atoms with van der Waals surface area (Å²) in [7, 11) is 0. The fourth-order valence-corrected chi connectivity index (χ4v) is 3.02. The lowest BCUT2D eigenvalue weighted by molar-refractivity contribution is -0.939. The summed E-state index contributed by atoms with van der Waals surface area (Å²) in [5, 5.41) is 21.6. The van der Waals surface area contributed by atoms with Crippen LogP contribution >= 0.6 is 0 Å². The third-order valence-electron chi connectivity index (χ3n) is 3.82. The normalized spacial score (nSPS) is 45.7. The van der Waals surface area contributed by atoms with E-state index in [2.05, 4.69) is 0 Å². The van der Waals surface area contributed by atoms with E-state index in [4.69, 9.17) is 0 Å². The molecule has 3 nitrogen and oxygen atoms in total. The summed E-state index contributed by atoms with van der Waals surface area (Å²) < 4.78 is -0.0729. The number of hydrogen-bond acceptors (Lipinski definition) is 2. The SMILES string of the molecule is [O-][N+]12CCCC[C@H]1CCC[C@H]2CO. The largest absolute Gasteiger partial charge is 0.632 e. The van der Waals surface area contributed by atoms with E-state index < -0.39 is 0 Å². The van der Waals surface area contributed by atoms with Gasteiger partial charge < -0.3 is 15.0 Å². The predicted molar refractivity (Wildman–Crippen MR) is 50.9 cm³/mol. The highest BCUT2D eigenvalue weighted by Crippen LogP contribution is 2.36.